The van der Waals surface area contributed by atoms with Gasteiger partial charge in [0, 0.05) is 18.8 Å². The third-order valence-electron chi connectivity index (χ3n) is 3.49. The van der Waals surface area contributed by atoms with Gasteiger partial charge in [0.05, 0.1) is 0 Å². The highest BCUT2D eigenvalue weighted by atomic mass is 35.5. The molecule has 1 atom stereocenters. The number of hydrogen-bond acceptors (Lipinski definition) is 3. The van der Waals surface area contributed by atoms with E-state index in [1.807, 2.05) is 18.3 Å². The number of aromatic nitrogens is 1. The summed E-state index contributed by atoms with van der Waals surface area (Å²) >= 11 is 0. The number of nitrogens with two attached hydrogens (primary N) is 1. The number of carbonyl (C=O) groups is 1. The molecule has 4 nitrogen and oxygen atoms in total. The first-order valence-corrected chi connectivity index (χ1v) is 6.16. The summed E-state index contributed by atoms with van der Waals surface area (Å²) in [6.07, 6.45) is 6.25. The highest BCUT2D eigenvalue weighted by Crippen LogP contribution is 2.33. The molecule has 2 heterocycles. The Bertz CT molecular complexity index is 369. The minimum Gasteiger partial charge on any atom is -0.370 e. The van der Waals surface area contributed by atoms with Gasteiger partial charge in [0.25, 0.3) is 0 Å². The summed E-state index contributed by atoms with van der Waals surface area (Å²) < 4.78 is 0. The van der Waals surface area contributed by atoms with Crippen molar-refractivity contribution >= 4 is 30.7 Å². The van der Waals surface area contributed by atoms with Crippen LogP contribution in [0.5, 0.6) is 0 Å². The van der Waals surface area contributed by atoms with Gasteiger partial charge in [0.1, 0.15) is 0 Å². The van der Waals surface area contributed by atoms with Gasteiger partial charge < -0.3 is 11.1 Å². The SMILES string of the molecule is Cl.Cl.NC(=O)CC(c1cccnc1)C1CCNCC1. The lowest BCUT2D eigenvalue weighted by Crippen LogP contribution is -2.32. The molecule has 1 amide bonds. The third kappa shape index (κ3) is 5.35. The first kappa shape index (κ1) is 18.2. The Hall–Kier alpha value is -0.840. The zero-order valence-corrected chi connectivity index (χ0v) is 12.4. The van der Waals surface area contributed by atoms with Gasteiger partial charge in [-0.2, -0.15) is 0 Å². The van der Waals surface area contributed by atoms with Crippen LogP contribution in [0.2, 0.25) is 0 Å². The molecule has 2 rings (SSSR count). The van der Waals surface area contributed by atoms with Crippen molar-refractivity contribution in [2.45, 2.75) is 25.2 Å². The lowest BCUT2D eigenvalue weighted by molar-refractivity contribution is -0.118. The van der Waals surface area contributed by atoms with E-state index in [2.05, 4.69) is 10.3 Å². The van der Waals surface area contributed by atoms with Gasteiger partial charge in [-0.1, -0.05) is 6.07 Å². The molecule has 19 heavy (non-hydrogen) atoms. The average Bonchev–Trinajstić information content (AvgIpc) is 2.38. The van der Waals surface area contributed by atoms with Crippen molar-refractivity contribution in [3.8, 4) is 0 Å². The van der Waals surface area contributed by atoms with E-state index >= 15 is 0 Å². The largest absolute Gasteiger partial charge is 0.370 e. The van der Waals surface area contributed by atoms with Gasteiger partial charge in [-0.15, -0.1) is 24.8 Å². The number of nitrogens with zero attached hydrogens (tertiary/aromatic N) is 1. The zero-order chi connectivity index (χ0) is 12.1. The minimum atomic E-state index is -0.225. The summed E-state index contributed by atoms with van der Waals surface area (Å²) in [5, 5.41) is 3.34. The number of hydrogen-bond donors (Lipinski definition) is 2. The molecular weight excluding hydrogens is 285 g/mol. The number of pyridine rings is 1. The van der Waals surface area contributed by atoms with Gasteiger partial charge in [-0.05, 0) is 49.4 Å². The summed E-state index contributed by atoms with van der Waals surface area (Å²) in [6, 6.07) is 3.97. The minimum absolute atomic E-state index is 0. The first-order chi connectivity index (χ1) is 8.27. The maximum Gasteiger partial charge on any atom is 0.218 e. The van der Waals surface area contributed by atoms with E-state index in [0.29, 0.717) is 12.3 Å². The fourth-order valence-corrected chi connectivity index (χ4v) is 2.62. The molecule has 1 unspecified atom stereocenters. The third-order valence-corrected chi connectivity index (χ3v) is 3.49. The molecule has 1 aromatic rings. The summed E-state index contributed by atoms with van der Waals surface area (Å²) in [4.78, 5) is 15.4. The van der Waals surface area contributed by atoms with Gasteiger partial charge in [-0.3, -0.25) is 9.78 Å². The Kier molecular flexibility index (Phi) is 8.72. The summed E-state index contributed by atoms with van der Waals surface area (Å²) in [6.45, 7) is 2.06. The second kappa shape index (κ2) is 9.13. The Morgan fingerprint density at radius 1 is 1.42 bits per heavy atom. The molecule has 0 aromatic carbocycles. The van der Waals surface area contributed by atoms with Crippen molar-refractivity contribution in [3.63, 3.8) is 0 Å². The van der Waals surface area contributed by atoms with Crippen molar-refractivity contribution in [2.75, 3.05) is 13.1 Å². The van der Waals surface area contributed by atoms with Crippen molar-refractivity contribution < 1.29 is 4.79 Å². The molecule has 0 radical (unpaired) electrons. The van der Waals surface area contributed by atoms with Crippen LogP contribution in [0.15, 0.2) is 24.5 Å². The van der Waals surface area contributed by atoms with Gasteiger partial charge >= 0.3 is 0 Å². The number of carbonyl (C=O) groups excluding carboxylic acids is 1. The van der Waals surface area contributed by atoms with Gasteiger partial charge in [-0.25, -0.2) is 0 Å². The number of nitrogens with one attached hydrogen (secondary N) is 1. The van der Waals surface area contributed by atoms with Crippen LogP contribution in [0.1, 0.15) is 30.7 Å². The van der Waals surface area contributed by atoms with Crippen molar-refractivity contribution in [3.05, 3.63) is 30.1 Å². The molecule has 6 heteroatoms. The van der Waals surface area contributed by atoms with Crippen LogP contribution in [-0.2, 0) is 4.79 Å². The Morgan fingerprint density at radius 2 is 2.11 bits per heavy atom. The molecule has 108 valence electrons. The molecule has 0 spiro atoms. The quantitative estimate of drug-likeness (QED) is 0.892. The second-order valence-electron chi connectivity index (χ2n) is 4.65. The molecule has 1 fully saturated rings. The van der Waals surface area contributed by atoms with Gasteiger partial charge in [0.15, 0.2) is 0 Å². The first-order valence-electron chi connectivity index (χ1n) is 6.16. The van der Waals surface area contributed by atoms with E-state index in [-0.39, 0.29) is 36.6 Å². The van der Waals surface area contributed by atoms with E-state index in [0.717, 1.165) is 31.5 Å². The summed E-state index contributed by atoms with van der Waals surface area (Å²) in [5.74, 6) is 0.536. The predicted molar refractivity (Wildman–Crippen MR) is 80.9 cm³/mol. The Balaban J connectivity index is 0.00000162. The number of amides is 1. The molecule has 3 N–H and O–H groups in total. The predicted octanol–water partition coefficient (Wildman–Crippen LogP) is 1.88. The number of rotatable bonds is 4. The highest BCUT2D eigenvalue weighted by Gasteiger charge is 2.26. The van der Waals surface area contributed by atoms with E-state index in [4.69, 9.17) is 5.73 Å². The van der Waals surface area contributed by atoms with Crippen LogP contribution in [0, 0.1) is 5.92 Å². The zero-order valence-electron chi connectivity index (χ0n) is 10.7. The number of primary amides is 1. The molecular formula is C13H21Cl2N3O. The number of halogens is 2. The lowest BCUT2D eigenvalue weighted by atomic mass is 9.79. The molecule has 0 bridgehead atoms. The Morgan fingerprint density at radius 3 is 2.63 bits per heavy atom. The van der Waals surface area contributed by atoms with Crippen LogP contribution in [0.25, 0.3) is 0 Å². The van der Waals surface area contributed by atoms with Crippen LogP contribution >= 0.6 is 24.8 Å². The maximum absolute atomic E-state index is 11.2. The lowest BCUT2D eigenvalue weighted by Gasteiger charge is -2.30. The maximum atomic E-state index is 11.2. The molecule has 1 aliphatic heterocycles. The van der Waals surface area contributed by atoms with Crippen LogP contribution in [0.3, 0.4) is 0 Å². The summed E-state index contributed by atoms with van der Waals surface area (Å²) in [5.41, 5.74) is 6.50. The fourth-order valence-electron chi connectivity index (χ4n) is 2.62. The number of piperidine rings is 1. The molecule has 1 saturated heterocycles. The monoisotopic (exact) mass is 305 g/mol. The second-order valence-corrected chi connectivity index (χ2v) is 4.65. The van der Waals surface area contributed by atoms with E-state index in [1.54, 1.807) is 6.20 Å². The highest BCUT2D eigenvalue weighted by molar-refractivity contribution is 5.85. The molecule has 0 saturated carbocycles. The van der Waals surface area contributed by atoms with Crippen LogP contribution in [-0.4, -0.2) is 24.0 Å². The fraction of sp³-hybridized carbons (Fsp3) is 0.538. The van der Waals surface area contributed by atoms with E-state index < -0.39 is 0 Å². The van der Waals surface area contributed by atoms with Gasteiger partial charge in [0.2, 0.25) is 5.91 Å². The molecule has 1 aliphatic rings. The topological polar surface area (TPSA) is 68.0 Å². The summed E-state index contributed by atoms with van der Waals surface area (Å²) in [7, 11) is 0. The van der Waals surface area contributed by atoms with Crippen LogP contribution < -0.4 is 11.1 Å². The van der Waals surface area contributed by atoms with E-state index in [1.165, 1.54) is 0 Å². The van der Waals surface area contributed by atoms with E-state index in [9.17, 15) is 4.79 Å². The van der Waals surface area contributed by atoms with Crippen molar-refractivity contribution in [1.29, 1.82) is 0 Å². The van der Waals surface area contributed by atoms with Crippen LogP contribution in [0.4, 0.5) is 0 Å². The average molecular weight is 306 g/mol. The molecule has 0 aliphatic carbocycles. The Labute approximate surface area is 126 Å². The van der Waals surface area contributed by atoms with Crippen molar-refractivity contribution in [1.82, 2.24) is 10.3 Å². The van der Waals surface area contributed by atoms with Crippen molar-refractivity contribution in [2.24, 2.45) is 11.7 Å². The molecule has 1 aromatic heterocycles. The normalized spacial score (nSPS) is 16.8. The standard InChI is InChI=1S/C13H19N3O.2ClH/c14-13(17)8-12(10-3-6-15-7-4-10)11-2-1-5-16-9-11;;/h1-2,5,9-10,12,15H,3-4,6-8H2,(H2,14,17);2*1H. The smallest absolute Gasteiger partial charge is 0.218 e.